The molecule has 9 heteroatoms. The number of alkyl halides is 3. The number of guanidine groups is 1. The minimum absolute atomic E-state index is 0.00544. The highest BCUT2D eigenvalue weighted by Gasteiger charge is 2.32. The van der Waals surface area contributed by atoms with Gasteiger partial charge >= 0.3 is 6.36 Å². The van der Waals surface area contributed by atoms with Crippen LogP contribution in [0.5, 0.6) is 5.75 Å². The predicted octanol–water partition coefficient (Wildman–Crippen LogP) is 4.27. The van der Waals surface area contributed by atoms with E-state index in [9.17, 15) is 13.2 Å². The number of ether oxygens (including phenoxy) is 1. The van der Waals surface area contributed by atoms with Crippen molar-refractivity contribution in [3.8, 4) is 5.75 Å². The van der Waals surface area contributed by atoms with Gasteiger partial charge < -0.3 is 15.8 Å². The van der Waals surface area contributed by atoms with Gasteiger partial charge in [0.15, 0.2) is 11.7 Å². The lowest BCUT2D eigenvalue weighted by atomic mass is 10.3. The van der Waals surface area contributed by atoms with Crippen molar-refractivity contribution in [2.75, 3.05) is 11.9 Å². The summed E-state index contributed by atoms with van der Waals surface area (Å²) < 4.78 is 41.6. The highest BCUT2D eigenvalue weighted by molar-refractivity contribution is 7.16. The molecule has 0 amide bonds. The van der Waals surface area contributed by atoms with Gasteiger partial charge in [-0.1, -0.05) is 23.7 Å². The second-order valence-electron chi connectivity index (χ2n) is 4.39. The summed E-state index contributed by atoms with van der Waals surface area (Å²) in [5.74, 6) is -0.367. The molecule has 0 saturated carbocycles. The Bertz CT molecular complexity index is 688. The van der Waals surface area contributed by atoms with Gasteiger partial charge in [-0.2, -0.15) is 0 Å². The largest absolute Gasteiger partial charge is 0.573 e. The summed E-state index contributed by atoms with van der Waals surface area (Å²) >= 11 is 7.26. The SMILES string of the molecule is NC(=NCCc1ccc(Cl)s1)Nc1ccccc1OC(F)(F)F. The summed E-state index contributed by atoms with van der Waals surface area (Å²) in [6.45, 7) is 0.387. The first kappa shape index (κ1) is 17.4. The lowest BCUT2D eigenvalue weighted by Crippen LogP contribution is -2.24. The van der Waals surface area contributed by atoms with Crippen molar-refractivity contribution in [1.82, 2.24) is 0 Å². The van der Waals surface area contributed by atoms with E-state index in [0.29, 0.717) is 17.3 Å². The molecule has 1 aromatic heterocycles. The van der Waals surface area contributed by atoms with Gasteiger partial charge in [-0.3, -0.25) is 4.99 Å². The van der Waals surface area contributed by atoms with Gasteiger partial charge in [0.05, 0.1) is 10.0 Å². The third kappa shape index (κ3) is 5.99. The molecule has 3 N–H and O–H groups in total. The summed E-state index contributed by atoms with van der Waals surface area (Å²) in [6.07, 6.45) is -4.14. The standard InChI is InChI=1S/C14H13ClF3N3OS/c15-12-6-5-9(23-12)7-8-20-13(19)21-10-3-1-2-4-11(10)22-14(16,17)18/h1-6H,7-8H2,(H3,19,20,21). The molecular weight excluding hydrogens is 351 g/mol. The van der Waals surface area contributed by atoms with Gasteiger partial charge in [-0.05, 0) is 24.3 Å². The topological polar surface area (TPSA) is 59.6 Å². The first-order chi connectivity index (χ1) is 10.8. The van der Waals surface area contributed by atoms with Crippen LogP contribution < -0.4 is 15.8 Å². The van der Waals surface area contributed by atoms with E-state index in [4.69, 9.17) is 17.3 Å². The Kier molecular flexibility index (Phi) is 5.73. The minimum Gasteiger partial charge on any atom is -0.404 e. The van der Waals surface area contributed by atoms with E-state index in [2.05, 4.69) is 15.0 Å². The number of benzene rings is 1. The van der Waals surface area contributed by atoms with Crippen LogP contribution >= 0.6 is 22.9 Å². The smallest absolute Gasteiger partial charge is 0.404 e. The molecule has 0 spiro atoms. The van der Waals surface area contributed by atoms with Gasteiger partial charge in [-0.25, -0.2) is 0 Å². The average molecular weight is 364 g/mol. The van der Waals surface area contributed by atoms with Crippen LogP contribution in [0.2, 0.25) is 4.34 Å². The Morgan fingerprint density at radius 3 is 2.65 bits per heavy atom. The molecule has 0 radical (unpaired) electrons. The first-order valence-electron chi connectivity index (χ1n) is 6.49. The fraction of sp³-hybridized carbons (Fsp3) is 0.214. The molecule has 1 heterocycles. The second-order valence-corrected chi connectivity index (χ2v) is 6.19. The third-order valence-electron chi connectivity index (χ3n) is 2.64. The van der Waals surface area contributed by atoms with E-state index in [1.54, 1.807) is 12.1 Å². The molecule has 0 atom stereocenters. The molecule has 124 valence electrons. The minimum atomic E-state index is -4.78. The maximum atomic E-state index is 12.3. The summed E-state index contributed by atoms with van der Waals surface area (Å²) in [5, 5.41) is 2.60. The van der Waals surface area contributed by atoms with Gasteiger partial charge in [0.2, 0.25) is 0 Å². The Hall–Kier alpha value is -1.93. The van der Waals surface area contributed by atoms with Crippen LogP contribution in [0.3, 0.4) is 0 Å². The molecular formula is C14H13ClF3N3OS. The van der Waals surface area contributed by atoms with Gasteiger partial charge in [0.1, 0.15) is 0 Å². The molecule has 0 fully saturated rings. The highest BCUT2D eigenvalue weighted by Crippen LogP contribution is 2.29. The van der Waals surface area contributed by atoms with Crippen molar-refractivity contribution in [3.05, 3.63) is 45.6 Å². The zero-order valence-electron chi connectivity index (χ0n) is 11.7. The number of para-hydroxylation sites is 2. The van der Waals surface area contributed by atoms with Gasteiger partial charge in [-0.15, -0.1) is 24.5 Å². The van der Waals surface area contributed by atoms with E-state index in [-0.39, 0.29) is 17.4 Å². The number of nitrogens with two attached hydrogens (primary N) is 1. The van der Waals surface area contributed by atoms with Crippen LogP contribution in [-0.2, 0) is 6.42 Å². The molecule has 2 aromatic rings. The van der Waals surface area contributed by atoms with Crippen LogP contribution in [0.25, 0.3) is 0 Å². The molecule has 0 aliphatic heterocycles. The van der Waals surface area contributed by atoms with Gasteiger partial charge in [0.25, 0.3) is 0 Å². The quantitative estimate of drug-likeness (QED) is 0.616. The van der Waals surface area contributed by atoms with Crippen molar-refractivity contribution < 1.29 is 17.9 Å². The molecule has 23 heavy (non-hydrogen) atoms. The van der Waals surface area contributed by atoms with Crippen LogP contribution in [-0.4, -0.2) is 18.9 Å². The number of hydrogen-bond donors (Lipinski definition) is 2. The highest BCUT2D eigenvalue weighted by atomic mass is 35.5. The third-order valence-corrected chi connectivity index (χ3v) is 3.94. The molecule has 0 saturated heterocycles. The number of nitrogens with one attached hydrogen (secondary N) is 1. The average Bonchev–Trinajstić information content (AvgIpc) is 2.85. The first-order valence-corrected chi connectivity index (χ1v) is 7.69. The van der Waals surface area contributed by atoms with E-state index < -0.39 is 6.36 Å². The number of thiophene rings is 1. The normalized spacial score (nSPS) is 12.3. The summed E-state index contributed by atoms with van der Waals surface area (Å²) in [5.41, 5.74) is 5.78. The maximum Gasteiger partial charge on any atom is 0.573 e. The van der Waals surface area contributed by atoms with E-state index >= 15 is 0 Å². The fourth-order valence-electron chi connectivity index (χ4n) is 1.73. The predicted molar refractivity (Wildman–Crippen MR) is 86.3 cm³/mol. The summed E-state index contributed by atoms with van der Waals surface area (Å²) in [7, 11) is 0. The molecule has 1 aromatic carbocycles. The van der Waals surface area contributed by atoms with Crippen LogP contribution in [0.4, 0.5) is 18.9 Å². The van der Waals surface area contributed by atoms with Crippen LogP contribution in [0.1, 0.15) is 4.88 Å². The number of nitrogens with zero attached hydrogens (tertiary/aromatic N) is 1. The number of rotatable bonds is 5. The Balaban J connectivity index is 1.96. The number of halogens is 4. The lowest BCUT2D eigenvalue weighted by molar-refractivity contribution is -0.274. The zero-order valence-corrected chi connectivity index (χ0v) is 13.3. The summed E-state index contributed by atoms with van der Waals surface area (Å²) in [6, 6.07) is 9.28. The lowest BCUT2D eigenvalue weighted by Gasteiger charge is -2.14. The molecule has 0 unspecified atom stereocenters. The fourth-order valence-corrected chi connectivity index (χ4v) is 2.81. The van der Waals surface area contributed by atoms with Crippen LogP contribution in [0, 0.1) is 0 Å². The second kappa shape index (κ2) is 7.56. The van der Waals surface area contributed by atoms with E-state index in [1.807, 2.05) is 6.07 Å². The number of anilines is 1. The molecule has 0 bridgehead atoms. The van der Waals surface area contributed by atoms with Crippen LogP contribution in [0.15, 0.2) is 41.4 Å². The van der Waals surface area contributed by atoms with E-state index in [0.717, 1.165) is 4.88 Å². The Labute approximate surface area is 139 Å². The summed E-state index contributed by atoms with van der Waals surface area (Å²) in [4.78, 5) is 5.12. The van der Waals surface area contributed by atoms with Crippen molar-refractivity contribution in [2.45, 2.75) is 12.8 Å². The maximum absolute atomic E-state index is 12.3. The molecule has 0 aliphatic carbocycles. The van der Waals surface area contributed by atoms with Gasteiger partial charge in [0, 0.05) is 17.8 Å². The molecule has 0 aliphatic rings. The van der Waals surface area contributed by atoms with Crippen molar-refractivity contribution >= 4 is 34.6 Å². The zero-order chi connectivity index (χ0) is 16.9. The number of hydrogen-bond acceptors (Lipinski definition) is 3. The number of aliphatic imine (C=N–C) groups is 1. The Morgan fingerprint density at radius 1 is 1.26 bits per heavy atom. The molecule has 4 nitrogen and oxygen atoms in total. The van der Waals surface area contributed by atoms with E-state index in [1.165, 1.54) is 29.5 Å². The van der Waals surface area contributed by atoms with Crippen molar-refractivity contribution in [1.29, 1.82) is 0 Å². The molecule has 2 rings (SSSR count). The van der Waals surface area contributed by atoms with Crippen molar-refractivity contribution in [2.24, 2.45) is 10.7 Å². The Morgan fingerprint density at radius 2 is 2.00 bits per heavy atom. The van der Waals surface area contributed by atoms with Crippen molar-refractivity contribution in [3.63, 3.8) is 0 Å². The monoisotopic (exact) mass is 363 g/mol.